The lowest BCUT2D eigenvalue weighted by Gasteiger charge is -2.13. The summed E-state index contributed by atoms with van der Waals surface area (Å²) < 4.78 is 17.9. The molecule has 4 aromatic rings. The van der Waals surface area contributed by atoms with Gasteiger partial charge in [0.25, 0.3) is 5.91 Å². The molecule has 196 valence electrons. The Morgan fingerprint density at radius 2 is 1.74 bits per heavy atom. The zero-order valence-electron chi connectivity index (χ0n) is 21.6. The largest absolute Gasteiger partial charge is 0.493 e. The van der Waals surface area contributed by atoms with Crippen molar-refractivity contribution in [2.24, 2.45) is 5.10 Å². The Hall–Kier alpha value is -4.31. The van der Waals surface area contributed by atoms with Crippen LogP contribution in [0.5, 0.6) is 17.2 Å². The number of nitrogens with one attached hydrogen (secondary N) is 1. The van der Waals surface area contributed by atoms with E-state index in [1.807, 2.05) is 24.3 Å². The standard InChI is InChI=1S/C28H28N4O5S/c1-18-9-11-20(12-10-18)16-32-23-8-6-5-7-22(23)30-28(32)38-17-26(34)31-29-15-21-13-24(35-3)27(37-19(2)33)25(14-21)36-4/h5-15H,16-17H2,1-4H3,(H,31,34)/b29-15+. The number of thioether (sulfide) groups is 1. The predicted octanol–water partition coefficient (Wildman–Crippen LogP) is 4.58. The van der Waals surface area contributed by atoms with Crippen molar-refractivity contribution in [3.63, 3.8) is 0 Å². The molecule has 1 amide bonds. The second-order valence-corrected chi connectivity index (χ2v) is 9.33. The van der Waals surface area contributed by atoms with E-state index >= 15 is 0 Å². The molecule has 0 aliphatic heterocycles. The molecule has 0 aliphatic carbocycles. The SMILES string of the molecule is COc1cc(/C=N/NC(=O)CSc2nc3ccccc3n2Cc2ccc(C)cc2)cc(OC)c1OC(C)=O. The maximum absolute atomic E-state index is 12.6. The van der Waals surface area contributed by atoms with E-state index in [0.717, 1.165) is 21.8 Å². The summed E-state index contributed by atoms with van der Waals surface area (Å²) in [6, 6.07) is 19.5. The van der Waals surface area contributed by atoms with E-state index in [1.165, 1.54) is 44.7 Å². The first-order chi connectivity index (χ1) is 18.4. The van der Waals surface area contributed by atoms with Gasteiger partial charge in [-0.05, 0) is 36.8 Å². The first-order valence-electron chi connectivity index (χ1n) is 11.8. The van der Waals surface area contributed by atoms with Gasteiger partial charge in [-0.25, -0.2) is 10.4 Å². The smallest absolute Gasteiger partial charge is 0.308 e. The van der Waals surface area contributed by atoms with Crippen LogP contribution in [-0.2, 0) is 16.1 Å². The Labute approximate surface area is 224 Å². The van der Waals surface area contributed by atoms with Gasteiger partial charge < -0.3 is 18.8 Å². The average molecular weight is 533 g/mol. The van der Waals surface area contributed by atoms with Gasteiger partial charge in [0.2, 0.25) is 5.75 Å². The number of carbonyl (C=O) groups excluding carboxylic acids is 2. The van der Waals surface area contributed by atoms with E-state index in [-0.39, 0.29) is 17.4 Å². The van der Waals surface area contributed by atoms with E-state index in [1.54, 1.807) is 12.1 Å². The fraction of sp³-hybridized carbons (Fsp3) is 0.214. The van der Waals surface area contributed by atoms with Crippen molar-refractivity contribution < 1.29 is 23.8 Å². The Morgan fingerprint density at radius 1 is 1.05 bits per heavy atom. The predicted molar refractivity (Wildman–Crippen MR) is 147 cm³/mol. The number of fused-ring (bicyclic) bond motifs is 1. The van der Waals surface area contributed by atoms with Crippen LogP contribution in [0.2, 0.25) is 0 Å². The van der Waals surface area contributed by atoms with Crippen LogP contribution in [0.3, 0.4) is 0 Å². The Kier molecular flexibility index (Phi) is 8.65. The molecule has 1 heterocycles. The number of benzene rings is 3. The zero-order valence-corrected chi connectivity index (χ0v) is 22.4. The van der Waals surface area contributed by atoms with Gasteiger partial charge in [0.1, 0.15) is 0 Å². The minimum Gasteiger partial charge on any atom is -0.493 e. The summed E-state index contributed by atoms with van der Waals surface area (Å²) in [5, 5.41) is 4.80. The molecular formula is C28H28N4O5S. The number of esters is 1. The van der Waals surface area contributed by atoms with Crippen molar-refractivity contribution in [1.82, 2.24) is 15.0 Å². The Balaban J connectivity index is 1.44. The summed E-state index contributed by atoms with van der Waals surface area (Å²) in [5.74, 6) is 0.127. The molecule has 1 N–H and O–H groups in total. The normalized spacial score (nSPS) is 11.1. The Morgan fingerprint density at radius 3 is 2.39 bits per heavy atom. The second-order valence-electron chi connectivity index (χ2n) is 8.38. The number of aromatic nitrogens is 2. The van der Waals surface area contributed by atoms with Gasteiger partial charge in [0.05, 0.1) is 43.8 Å². The minimum absolute atomic E-state index is 0.132. The van der Waals surface area contributed by atoms with E-state index in [9.17, 15) is 9.59 Å². The van der Waals surface area contributed by atoms with Gasteiger partial charge in [-0.1, -0.05) is 53.7 Å². The highest BCUT2D eigenvalue weighted by Gasteiger charge is 2.16. The van der Waals surface area contributed by atoms with Crippen molar-refractivity contribution in [2.45, 2.75) is 25.5 Å². The third kappa shape index (κ3) is 6.51. The topological polar surface area (TPSA) is 104 Å². The van der Waals surface area contributed by atoms with Crippen LogP contribution in [0.4, 0.5) is 0 Å². The molecule has 9 nitrogen and oxygen atoms in total. The van der Waals surface area contributed by atoms with Crippen LogP contribution in [-0.4, -0.2) is 47.6 Å². The molecule has 38 heavy (non-hydrogen) atoms. The lowest BCUT2D eigenvalue weighted by atomic mass is 10.1. The third-order valence-corrected chi connectivity index (χ3v) is 6.52. The van der Waals surface area contributed by atoms with Crippen molar-refractivity contribution in [2.75, 3.05) is 20.0 Å². The number of rotatable bonds is 10. The number of hydrogen-bond acceptors (Lipinski definition) is 8. The first kappa shape index (κ1) is 26.7. The molecule has 0 bridgehead atoms. The maximum atomic E-state index is 12.6. The molecule has 0 radical (unpaired) electrons. The Bertz CT molecular complexity index is 1460. The summed E-state index contributed by atoms with van der Waals surface area (Å²) in [6.45, 7) is 4.00. The molecule has 0 fully saturated rings. The second kappa shape index (κ2) is 12.3. The molecule has 0 atom stereocenters. The van der Waals surface area contributed by atoms with Crippen molar-refractivity contribution >= 4 is 40.9 Å². The van der Waals surface area contributed by atoms with Gasteiger partial charge in [-0.3, -0.25) is 9.59 Å². The molecule has 0 saturated carbocycles. The van der Waals surface area contributed by atoms with Crippen LogP contribution in [0.25, 0.3) is 11.0 Å². The van der Waals surface area contributed by atoms with Crippen LogP contribution >= 0.6 is 11.8 Å². The van der Waals surface area contributed by atoms with Gasteiger partial charge >= 0.3 is 5.97 Å². The van der Waals surface area contributed by atoms with Gasteiger partial charge in [-0.15, -0.1) is 0 Å². The number of ether oxygens (including phenoxy) is 3. The van der Waals surface area contributed by atoms with Gasteiger partial charge in [0, 0.05) is 12.5 Å². The van der Waals surface area contributed by atoms with Crippen LogP contribution in [0.15, 0.2) is 70.9 Å². The quantitative estimate of drug-likeness (QED) is 0.105. The monoisotopic (exact) mass is 532 g/mol. The van der Waals surface area contributed by atoms with E-state index < -0.39 is 5.97 Å². The number of nitrogens with zero attached hydrogens (tertiary/aromatic N) is 3. The summed E-state index contributed by atoms with van der Waals surface area (Å²) in [5.41, 5.74) is 7.36. The lowest BCUT2D eigenvalue weighted by molar-refractivity contribution is -0.132. The number of hydrogen-bond donors (Lipinski definition) is 1. The fourth-order valence-electron chi connectivity index (χ4n) is 3.75. The lowest BCUT2D eigenvalue weighted by Crippen LogP contribution is -2.20. The van der Waals surface area contributed by atoms with Gasteiger partial charge in [0.15, 0.2) is 16.7 Å². The van der Waals surface area contributed by atoms with Crippen molar-refractivity contribution in [3.8, 4) is 17.2 Å². The fourth-order valence-corrected chi connectivity index (χ4v) is 4.56. The van der Waals surface area contributed by atoms with Crippen molar-refractivity contribution in [1.29, 1.82) is 0 Å². The number of methoxy groups -OCH3 is 2. The molecule has 0 unspecified atom stereocenters. The summed E-state index contributed by atoms with van der Waals surface area (Å²) in [7, 11) is 2.90. The highest BCUT2D eigenvalue weighted by Crippen LogP contribution is 2.38. The molecule has 0 spiro atoms. The summed E-state index contributed by atoms with van der Waals surface area (Å²) in [4.78, 5) is 28.7. The summed E-state index contributed by atoms with van der Waals surface area (Å²) >= 11 is 1.35. The number of aryl methyl sites for hydroxylation is 1. The molecule has 0 aliphatic rings. The maximum Gasteiger partial charge on any atom is 0.308 e. The third-order valence-electron chi connectivity index (χ3n) is 5.54. The van der Waals surface area contributed by atoms with E-state index in [2.05, 4.69) is 46.3 Å². The number of carbonyl (C=O) groups is 2. The minimum atomic E-state index is -0.500. The first-order valence-corrected chi connectivity index (χ1v) is 12.8. The average Bonchev–Trinajstić information content (AvgIpc) is 3.26. The molecule has 0 saturated heterocycles. The van der Waals surface area contributed by atoms with E-state index in [0.29, 0.717) is 23.6 Å². The molecule has 3 aromatic carbocycles. The zero-order chi connectivity index (χ0) is 27.1. The van der Waals surface area contributed by atoms with E-state index in [4.69, 9.17) is 19.2 Å². The number of amides is 1. The number of para-hydroxylation sites is 2. The van der Waals surface area contributed by atoms with Gasteiger partial charge in [-0.2, -0.15) is 5.10 Å². The number of hydrazone groups is 1. The molecular weight excluding hydrogens is 504 g/mol. The highest BCUT2D eigenvalue weighted by molar-refractivity contribution is 7.99. The van der Waals surface area contributed by atoms with Crippen molar-refractivity contribution in [3.05, 3.63) is 77.4 Å². The molecule has 1 aromatic heterocycles. The summed E-state index contributed by atoms with van der Waals surface area (Å²) in [6.07, 6.45) is 1.46. The highest BCUT2D eigenvalue weighted by atomic mass is 32.2. The van der Waals surface area contributed by atoms with Crippen LogP contribution in [0, 0.1) is 6.92 Å². The molecule has 4 rings (SSSR count). The number of imidazole rings is 1. The van der Waals surface area contributed by atoms with Crippen LogP contribution in [0.1, 0.15) is 23.6 Å². The molecule has 10 heteroatoms. The van der Waals surface area contributed by atoms with Crippen LogP contribution < -0.4 is 19.6 Å².